The fourth-order valence-electron chi connectivity index (χ4n) is 3.47. The number of nitrogens with zero attached hydrogens (tertiary/aromatic N) is 3. The molecule has 2 aromatic carbocycles. The number of carbonyl (C=O) groups excluding carboxylic acids is 1. The van der Waals surface area contributed by atoms with Gasteiger partial charge in [-0.3, -0.25) is 9.36 Å². The van der Waals surface area contributed by atoms with Gasteiger partial charge in [0.05, 0.1) is 35.1 Å². The number of hydrogen-bond acceptors (Lipinski definition) is 7. The van der Waals surface area contributed by atoms with Crippen LogP contribution in [0.5, 0.6) is 5.75 Å². The molecule has 1 amide bonds. The van der Waals surface area contributed by atoms with Gasteiger partial charge in [-0.1, -0.05) is 53.7 Å². The van der Waals surface area contributed by atoms with Gasteiger partial charge in [-0.25, -0.2) is 8.42 Å². The van der Waals surface area contributed by atoms with Gasteiger partial charge in [-0.15, -0.1) is 10.2 Å². The molecule has 32 heavy (non-hydrogen) atoms. The Balaban J connectivity index is 1.59. The van der Waals surface area contributed by atoms with Gasteiger partial charge in [-0.05, 0) is 24.6 Å². The maximum atomic E-state index is 12.4. The summed E-state index contributed by atoms with van der Waals surface area (Å²) in [7, 11) is -1.51. The fourth-order valence-corrected chi connectivity index (χ4v) is 6.16. The molecule has 0 bridgehead atoms. The van der Waals surface area contributed by atoms with E-state index in [2.05, 4.69) is 15.5 Å². The molecule has 1 N–H and O–H groups in total. The highest BCUT2D eigenvalue weighted by atomic mass is 35.5. The van der Waals surface area contributed by atoms with Gasteiger partial charge in [0.25, 0.3) is 0 Å². The lowest BCUT2D eigenvalue weighted by molar-refractivity contribution is -0.119. The second-order valence-electron chi connectivity index (χ2n) is 7.28. The van der Waals surface area contributed by atoms with Gasteiger partial charge in [0, 0.05) is 11.6 Å². The van der Waals surface area contributed by atoms with Crippen molar-refractivity contribution in [3.63, 3.8) is 0 Å². The summed E-state index contributed by atoms with van der Waals surface area (Å²) in [6.07, 6.45) is 0.442. The van der Waals surface area contributed by atoms with Crippen LogP contribution in [0.2, 0.25) is 5.02 Å². The number of carbonyl (C=O) groups is 1. The van der Waals surface area contributed by atoms with E-state index >= 15 is 0 Å². The molecule has 3 aromatic rings. The Hall–Kier alpha value is -2.56. The number of hydrogen-bond donors (Lipinski definition) is 1. The van der Waals surface area contributed by atoms with Crippen molar-refractivity contribution in [2.75, 3.05) is 24.4 Å². The molecule has 1 atom stereocenters. The number of rotatable bonds is 7. The van der Waals surface area contributed by atoms with Gasteiger partial charge in [-0.2, -0.15) is 0 Å². The van der Waals surface area contributed by atoms with E-state index in [9.17, 15) is 13.2 Å². The summed E-state index contributed by atoms with van der Waals surface area (Å²) in [6, 6.07) is 14.6. The molecule has 1 aliphatic heterocycles. The molecular weight excluding hydrogens is 472 g/mol. The lowest BCUT2D eigenvalue weighted by atomic mass is 10.2. The van der Waals surface area contributed by atoms with Crippen molar-refractivity contribution in [1.29, 1.82) is 0 Å². The summed E-state index contributed by atoms with van der Waals surface area (Å²) >= 11 is 7.56. The average molecular weight is 493 g/mol. The second kappa shape index (κ2) is 9.51. The van der Waals surface area contributed by atoms with Crippen LogP contribution in [0.3, 0.4) is 0 Å². The zero-order valence-corrected chi connectivity index (χ0v) is 19.6. The first-order valence-electron chi connectivity index (χ1n) is 9.83. The topological polar surface area (TPSA) is 103 Å². The molecule has 0 aliphatic carbocycles. The van der Waals surface area contributed by atoms with Crippen LogP contribution in [0.15, 0.2) is 53.7 Å². The first-order chi connectivity index (χ1) is 15.4. The van der Waals surface area contributed by atoms with Gasteiger partial charge in [0.1, 0.15) is 5.75 Å². The van der Waals surface area contributed by atoms with E-state index in [1.54, 1.807) is 19.2 Å². The van der Waals surface area contributed by atoms with Crippen molar-refractivity contribution in [3.05, 3.63) is 53.6 Å². The van der Waals surface area contributed by atoms with Crippen molar-refractivity contribution in [3.8, 4) is 22.8 Å². The van der Waals surface area contributed by atoms with Crippen LogP contribution < -0.4 is 10.1 Å². The van der Waals surface area contributed by atoms with E-state index in [0.29, 0.717) is 28.2 Å². The molecule has 0 spiro atoms. The fraction of sp³-hybridized carbons (Fsp3) is 0.286. The van der Waals surface area contributed by atoms with Crippen LogP contribution >= 0.6 is 23.4 Å². The summed E-state index contributed by atoms with van der Waals surface area (Å²) in [4.78, 5) is 12.4. The van der Waals surface area contributed by atoms with Crippen molar-refractivity contribution in [2.24, 2.45) is 0 Å². The summed E-state index contributed by atoms with van der Waals surface area (Å²) in [5.74, 6) is 1.08. The molecule has 0 radical (unpaired) electrons. The summed E-state index contributed by atoms with van der Waals surface area (Å²) in [5, 5.41) is 12.4. The van der Waals surface area contributed by atoms with Crippen LogP contribution in [0, 0.1) is 0 Å². The first-order valence-corrected chi connectivity index (χ1v) is 13.0. The number of nitrogens with one attached hydrogen (secondary N) is 1. The summed E-state index contributed by atoms with van der Waals surface area (Å²) < 4.78 is 30.3. The van der Waals surface area contributed by atoms with Crippen molar-refractivity contribution < 1.29 is 17.9 Å². The molecule has 0 unspecified atom stereocenters. The maximum Gasteiger partial charge on any atom is 0.230 e. The quantitative estimate of drug-likeness (QED) is 0.505. The van der Waals surface area contributed by atoms with Gasteiger partial charge in [0.15, 0.2) is 20.8 Å². The van der Waals surface area contributed by atoms with Crippen LogP contribution in [0.1, 0.15) is 6.42 Å². The Kier molecular flexibility index (Phi) is 6.73. The van der Waals surface area contributed by atoms with Crippen molar-refractivity contribution in [1.82, 2.24) is 20.1 Å². The van der Waals surface area contributed by atoms with E-state index in [-0.39, 0.29) is 29.2 Å². The minimum absolute atomic E-state index is 0.0118. The van der Waals surface area contributed by atoms with Crippen molar-refractivity contribution >= 4 is 39.1 Å². The zero-order valence-electron chi connectivity index (χ0n) is 17.2. The first kappa shape index (κ1) is 22.6. The Bertz CT molecular complexity index is 1230. The van der Waals surface area contributed by atoms with E-state index in [0.717, 1.165) is 11.3 Å². The zero-order chi connectivity index (χ0) is 22.7. The standard InChI is InChI=1S/C21H21ClN4O4S2/c1-30-18-8-7-16(11-17(18)22)26-20(14-5-3-2-4-6-14)24-25-21(26)31-12-19(27)23-15-9-10-32(28,29)13-15/h2-8,11,15H,9-10,12-13H2,1H3,(H,23,27)/t15-/m1/s1. The molecule has 1 aromatic heterocycles. The van der Waals surface area contributed by atoms with E-state index in [1.165, 1.54) is 11.8 Å². The Labute approximate surface area is 195 Å². The number of benzene rings is 2. The lowest BCUT2D eigenvalue weighted by Crippen LogP contribution is -2.36. The maximum absolute atomic E-state index is 12.4. The largest absolute Gasteiger partial charge is 0.495 e. The summed E-state index contributed by atoms with van der Waals surface area (Å²) in [6.45, 7) is 0. The third-order valence-electron chi connectivity index (χ3n) is 4.99. The Morgan fingerprint density at radius 2 is 2.03 bits per heavy atom. The predicted molar refractivity (Wildman–Crippen MR) is 124 cm³/mol. The predicted octanol–water partition coefficient (Wildman–Crippen LogP) is 2.99. The average Bonchev–Trinajstić information content (AvgIpc) is 3.35. The minimum atomic E-state index is -3.06. The summed E-state index contributed by atoms with van der Waals surface area (Å²) in [5.41, 5.74) is 1.59. The number of amides is 1. The third-order valence-corrected chi connectivity index (χ3v) is 7.98. The van der Waals surface area contributed by atoms with Gasteiger partial charge < -0.3 is 10.1 Å². The molecule has 11 heteroatoms. The molecule has 1 saturated heterocycles. The number of aromatic nitrogens is 3. The number of halogens is 1. The molecule has 2 heterocycles. The third kappa shape index (κ3) is 5.08. The highest BCUT2D eigenvalue weighted by Gasteiger charge is 2.29. The number of sulfone groups is 1. The molecular formula is C21H21ClN4O4S2. The smallest absolute Gasteiger partial charge is 0.230 e. The van der Waals surface area contributed by atoms with Crippen molar-refractivity contribution in [2.45, 2.75) is 17.6 Å². The van der Waals surface area contributed by atoms with E-state index in [4.69, 9.17) is 16.3 Å². The van der Waals surface area contributed by atoms with E-state index < -0.39 is 9.84 Å². The second-order valence-corrected chi connectivity index (χ2v) is 10.9. The van der Waals surface area contributed by atoms with Crippen LogP contribution in [-0.4, -0.2) is 59.5 Å². The van der Waals surface area contributed by atoms with Crippen LogP contribution in [0.4, 0.5) is 0 Å². The minimum Gasteiger partial charge on any atom is -0.495 e. The number of ether oxygens (including phenoxy) is 1. The molecule has 1 aliphatic rings. The normalized spacial score (nSPS) is 17.2. The molecule has 1 fully saturated rings. The Morgan fingerprint density at radius 3 is 2.69 bits per heavy atom. The Morgan fingerprint density at radius 1 is 1.25 bits per heavy atom. The van der Waals surface area contributed by atoms with Gasteiger partial charge in [0.2, 0.25) is 5.91 Å². The molecule has 0 saturated carbocycles. The highest BCUT2D eigenvalue weighted by Crippen LogP contribution is 2.32. The number of thioether (sulfide) groups is 1. The SMILES string of the molecule is COc1ccc(-n2c(SCC(=O)N[C@@H]3CCS(=O)(=O)C3)nnc2-c2ccccc2)cc1Cl. The van der Waals surface area contributed by atoms with Crippen LogP contribution in [-0.2, 0) is 14.6 Å². The number of methoxy groups -OCH3 is 1. The molecule has 168 valence electrons. The van der Waals surface area contributed by atoms with E-state index in [1.807, 2.05) is 41.0 Å². The molecule has 8 nitrogen and oxygen atoms in total. The highest BCUT2D eigenvalue weighted by molar-refractivity contribution is 7.99. The lowest BCUT2D eigenvalue weighted by Gasteiger charge is -2.13. The monoisotopic (exact) mass is 492 g/mol. The van der Waals surface area contributed by atoms with Gasteiger partial charge >= 0.3 is 0 Å². The molecule has 4 rings (SSSR count). The van der Waals surface area contributed by atoms with Crippen LogP contribution in [0.25, 0.3) is 17.1 Å².